The molecule has 0 aromatic heterocycles. The molecular weight excluding hydrogens is 186 g/mol. The Morgan fingerprint density at radius 1 is 1.33 bits per heavy atom. The van der Waals surface area contributed by atoms with E-state index in [1.165, 1.54) is 32.1 Å². The van der Waals surface area contributed by atoms with Gasteiger partial charge in [0.1, 0.15) is 0 Å². The maximum Gasteiger partial charge on any atom is 0.0604 e. The monoisotopic (exact) mass is 211 g/mol. The first-order valence-corrected chi connectivity index (χ1v) is 6.49. The molecule has 0 bridgehead atoms. The maximum absolute atomic E-state index is 5.58. The molecule has 2 fully saturated rings. The Hall–Kier alpha value is -0.0800. The summed E-state index contributed by atoms with van der Waals surface area (Å²) in [6.45, 7) is 7.75. The van der Waals surface area contributed by atoms with Crippen molar-refractivity contribution in [2.45, 2.75) is 71.1 Å². The van der Waals surface area contributed by atoms with Crippen molar-refractivity contribution in [1.29, 1.82) is 0 Å². The second kappa shape index (κ2) is 4.42. The molecule has 0 radical (unpaired) electrons. The van der Waals surface area contributed by atoms with E-state index in [-0.39, 0.29) is 0 Å². The van der Waals surface area contributed by atoms with Crippen molar-refractivity contribution in [3.8, 4) is 0 Å². The summed E-state index contributed by atoms with van der Waals surface area (Å²) in [6.07, 6.45) is 7.12. The number of ether oxygens (including phenoxy) is 1. The summed E-state index contributed by atoms with van der Waals surface area (Å²) in [5.41, 5.74) is 0.511. The fraction of sp³-hybridized carbons (Fsp3) is 1.00. The fourth-order valence-corrected chi connectivity index (χ4v) is 2.99. The van der Waals surface area contributed by atoms with Gasteiger partial charge in [0.15, 0.2) is 0 Å². The van der Waals surface area contributed by atoms with Gasteiger partial charge in [-0.15, -0.1) is 0 Å². The summed E-state index contributed by atoms with van der Waals surface area (Å²) < 4.78 is 5.58. The van der Waals surface area contributed by atoms with Gasteiger partial charge in [0, 0.05) is 18.7 Å². The van der Waals surface area contributed by atoms with Gasteiger partial charge in [-0.2, -0.15) is 0 Å². The van der Waals surface area contributed by atoms with Crippen LogP contribution in [0.1, 0.15) is 52.9 Å². The van der Waals surface area contributed by atoms with E-state index < -0.39 is 0 Å². The second-order valence-corrected chi connectivity index (χ2v) is 5.85. The third-order valence-corrected chi connectivity index (χ3v) is 4.19. The third-order valence-electron chi connectivity index (χ3n) is 4.19. The highest BCUT2D eigenvalue weighted by Gasteiger charge is 2.38. The summed E-state index contributed by atoms with van der Waals surface area (Å²) in [6, 6.07) is 1.47. The molecule has 2 rings (SSSR count). The molecule has 1 N–H and O–H groups in total. The molecule has 2 aliphatic carbocycles. The lowest BCUT2D eigenvalue weighted by molar-refractivity contribution is -0.0152. The fourth-order valence-electron chi connectivity index (χ4n) is 2.99. The standard InChI is InChI=1S/C13H25NO/c1-4-15-11-8-10(9-11)14-12-6-5-7-13(12,2)3/h10-12,14H,4-9H2,1-3H3. The van der Waals surface area contributed by atoms with Crippen LogP contribution in [0, 0.1) is 5.41 Å². The summed E-state index contributed by atoms with van der Waals surface area (Å²) >= 11 is 0. The highest BCUT2D eigenvalue weighted by molar-refractivity contribution is 4.95. The van der Waals surface area contributed by atoms with E-state index in [4.69, 9.17) is 4.74 Å². The van der Waals surface area contributed by atoms with Crippen LogP contribution in [-0.4, -0.2) is 24.8 Å². The lowest BCUT2D eigenvalue weighted by atomic mass is 9.83. The number of hydrogen-bond donors (Lipinski definition) is 1. The molecule has 0 saturated heterocycles. The number of nitrogens with one attached hydrogen (secondary N) is 1. The molecule has 1 unspecified atom stereocenters. The van der Waals surface area contributed by atoms with E-state index in [1.807, 2.05) is 0 Å². The van der Waals surface area contributed by atoms with Gasteiger partial charge in [0.2, 0.25) is 0 Å². The van der Waals surface area contributed by atoms with E-state index in [0.29, 0.717) is 11.5 Å². The van der Waals surface area contributed by atoms with Crippen LogP contribution in [0.3, 0.4) is 0 Å². The SMILES string of the molecule is CCOC1CC(NC2CCCC2(C)C)C1. The van der Waals surface area contributed by atoms with E-state index in [1.54, 1.807) is 0 Å². The second-order valence-electron chi connectivity index (χ2n) is 5.85. The molecule has 2 heteroatoms. The molecule has 0 aromatic rings. The summed E-state index contributed by atoms with van der Waals surface area (Å²) in [5.74, 6) is 0. The van der Waals surface area contributed by atoms with Crippen molar-refractivity contribution in [2.24, 2.45) is 5.41 Å². The van der Waals surface area contributed by atoms with Gasteiger partial charge >= 0.3 is 0 Å². The molecule has 0 spiro atoms. The Labute approximate surface area is 93.8 Å². The molecule has 15 heavy (non-hydrogen) atoms. The average Bonchev–Trinajstić information content (AvgIpc) is 2.42. The predicted molar refractivity (Wildman–Crippen MR) is 63.0 cm³/mol. The molecule has 2 saturated carbocycles. The minimum Gasteiger partial charge on any atom is -0.378 e. The molecule has 1 atom stereocenters. The Kier molecular flexibility index (Phi) is 3.36. The van der Waals surface area contributed by atoms with Gasteiger partial charge in [-0.25, -0.2) is 0 Å². The molecule has 2 aliphatic rings. The third kappa shape index (κ3) is 2.54. The van der Waals surface area contributed by atoms with Gasteiger partial charge in [0.25, 0.3) is 0 Å². The minimum atomic E-state index is 0.511. The van der Waals surface area contributed by atoms with Crippen molar-refractivity contribution in [3.05, 3.63) is 0 Å². The van der Waals surface area contributed by atoms with Gasteiger partial charge in [0.05, 0.1) is 6.10 Å². The topological polar surface area (TPSA) is 21.3 Å². The largest absolute Gasteiger partial charge is 0.378 e. The van der Waals surface area contributed by atoms with E-state index >= 15 is 0 Å². The summed E-state index contributed by atoms with van der Waals surface area (Å²) in [5, 5.41) is 3.81. The Balaban J connectivity index is 1.71. The molecule has 2 nitrogen and oxygen atoms in total. The Morgan fingerprint density at radius 3 is 2.60 bits per heavy atom. The smallest absolute Gasteiger partial charge is 0.0604 e. The van der Waals surface area contributed by atoms with Crippen molar-refractivity contribution in [1.82, 2.24) is 5.32 Å². The number of hydrogen-bond acceptors (Lipinski definition) is 2. The van der Waals surface area contributed by atoms with Crippen molar-refractivity contribution in [3.63, 3.8) is 0 Å². The maximum atomic E-state index is 5.58. The van der Waals surface area contributed by atoms with E-state index in [0.717, 1.165) is 18.7 Å². The number of rotatable bonds is 4. The summed E-state index contributed by atoms with van der Waals surface area (Å²) in [7, 11) is 0. The van der Waals surface area contributed by atoms with E-state index in [9.17, 15) is 0 Å². The Bertz CT molecular complexity index is 209. The van der Waals surface area contributed by atoms with Crippen LogP contribution in [0.4, 0.5) is 0 Å². The molecule has 88 valence electrons. The molecule has 0 aromatic carbocycles. The molecule has 0 aliphatic heterocycles. The highest BCUT2D eigenvalue weighted by atomic mass is 16.5. The zero-order valence-electron chi connectivity index (χ0n) is 10.4. The zero-order chi connectivity index (χ0) is 10.9. The van der Waals surface area contributed by atoms with Crippen LogP contribution in [0.25, 0.3) is 0 Å². The lowest BCUT2D eigenvalue weighted by Gasteiger charge is -2.40. The lowest BCUT2D eigenvalue weighted by Crippen LogP contribution is -2.52. The van der Waals surface area contributed by atoms with Crippen molar-refractivity contribution in [2.75, 3.05) is 6.61 Å². The quantitative estimate of drug-likeness (QED) is 0.772. The average molecular weight is 211 g/mol. The van der Waals surface area contributed by atoms with Gasteiger partial charge in [-0.1, -0.05) is 20.3 Å². The minimum absolute atomic E-state index is 0.511. The first-order valence-electron chi connectivity index (χ1n) is 6.49. The van der Waals surface area contributed by atoms with Crippen molar-refractivity contribution < 1.29 is 4.74 Å². The van der Waals surface area contributed by atoms with Gasteiger partial charge in [-0.05, 0) is 38.0 Å². The van der Waals surface area contributed by atoms with Crippen LogP contribution >= 0.6 is 0 Å². The highest BCUT2D eigenvalue weighted by Crippen LogP contribution is 2.38. The van der Waals surface area contributed by atoms with E-state index in [2.05, 4.69) is 26.1 Å². The van der Waals surface area contributed by atoms with Gasteiger partial charge < -0.3 is 10.1 Å². The Morgan fingerprint density at radius 2 is 2.07 bits per heavy atom. The van der Waals surface area contributed by atoms with Gasteiger partial charge in [-0.3, -0.25) is 0 Å². The molecule has 0 amide bonds. The van der Waals surface area contributed by atoms with Crippen LogP contribution in [0.15, 0.2) is 0 Å². The van der Waals surface area contributed by atoms with Crippen LogP contribution in [-0.2, 0) is 4.74 Å². The van der Waals surface area contributed by atoms with Crippen LogP contribution in [0.2, 0.25) is 0 Å². The molecule has 0 heterocycles. The molecular formula is C13H25NO. The predicted octanol–water partition coefficient (Wildman–Crippen LogP) is 2.72. The first kappa shape index (κ1) is 11.4. The van der Waals surface area contributed by atoms with Crippen LogP contribution < -0.4 is 5.32 Å². The first-order chi connectivity index (χ1) is 7.12. The normalized spacial score (nSPS) is 39.0. The van der Waals surface area contributed by atoms with Crippen molar-refractivity contribution >= 4 is 0 Å². The summed E-state index contributed by atoms with van der Waals surface area (Å²) in [4.78, 5) is 0. The zero-order valence-corrected chi connectivity index (χ0v) is 10.4. The van der Waals surface area contributed by atoms with Crippen LogP contribution in [0.5, 0.6) is 0 Å².